The number of fused-ring (bicyclic) bond motifs is 3. The lowest BCUT2D eigenvalue weighted by Gasteiger charge is -1.97. The van der Waals surface area contributed by atoms with Crippen molar-refractivity contribution in [1.82, 2.24) is 0 Å². The fourth-order valence-corrected chi connectivity index (χ4v) is 1.88. The summed E-state index contributed by atoms with van der Waals surface area (Å²) in [5.41, 5.74) is 1.23. The summed E-state index contributed by atoms with van der Waals surface area (Å²) in [7, 11) is 0. The summed E-state index contributed by atoms with van der Waals surface area (Å²) in [6.45, 7) is 0. The van der Waals surface area contributed by atoms with Gasteiger partial charge in [-0.2, -0.15) is 0 Å². The molecule has 16 heavy (non-hydrogen) atoms. The zero-order chi connectivity index (χ0) is 11.1. The standard InChI is InChI=1S/C13H8F2O/c14-13(15)8-5-6-10-9-3-1-2-4-11(9)16-12(10)7-8/h1-7,13H. The van der Waals surface area contributed by atoms with E-state index < -0.39 is 6.43 Å². The van der Waals surface area contributed by atoms with Gasteiger partial charge in [-0.05, 0) is 12.1 Å². The molecule has 0 unspecified atom stereocenters. The topological polar surface area (TPSA) is 13.1 Å². The molecule has 0 spiro atoms. The summed E-state index contributed by atoms with van der Waals surface area (Å²) < 4.78 is 30.5. The van der Waals surface area contributed by atoms with Crippen LogP contribution in [0.25, 0.3) is 21.9 Å². The van der Waals surface area contributed by atoms with Crippen LogP contribution in [0.5, 0.6) is 0 Å². The SMILES string of the molecule is FC(F)c1ccc2c(c1)oc1ccccc12. The molecule has 2 aromatic carbocycles. The highest BCUT2D eigenvalue weighted by atomic mass is 19.3. The zero-order valence-electron chi connectivity index (χ0n) is 8.28. The average molecular weight is 218 g/mol. The Hall–Kier alpha value is -1.90. The molecule has 0 aliphatic rings. The fraction of sp³-hybridized carbons (Fsp3) is 0.0769. The Balaban J connectivity index is 2.37. The van der Waals surface area contributed by atoms with Gasteiger partial charge >= 0.3 is 0 Å². The first-order valence-corrected chi connectivity index (χ1v) is 4.95. The Labute approximate surface area is 90.3 Å². The van der Waals surface area contributed by atoms with Crippen molar-refractivity contribution in [2.24, 2.45) is 0 Å². The van der Waals surface area contributed by atoms with E-state index in [0.29, 0.717) is 5.58 Å². The molecule has 0 bridgehead atoms. The number of hydrogen-bond acceptors (Lipinski definition) is 1. The lowest BCUT2D eigenvalue weighted by atomic mass is 10.1. The lowest BCUT2D eigenvalue weighted by Crippen LogP contribution is -1.81. The van der Waals surface area contributed by atoms with Crippen LogP contribution in [0, 0.1) is 0 Å². The van der Waals surface area contributed by atoms with E-state index in [1.807, 2.05) is 24.3 Å². The molecule has 0 N–H and O–H groups in total. The van der Waals surface area contributed by atoms with Gasteiger partial charge in [-0.3, -0.25) is 0 Å². The number of halogens is 2. The van der Waals surface area contributed by atoms with E-state index in [0.717, 1.165) is 16.4 Å². The number of para-hydroxylation sites is 1. The second-order valence-electron chi connectivity index (χ2n) is 3.65. The molecule has 0 aliphatic carbocycles. The highest BCUT2D eigenvalue weighted by Crippen LogP contribution is 2.31. The number of alkyl halides is 2. The molecule has 0 aliphatic heterocycles. The summed E-state index contributed by atoms with van der Waals surface area (Å²) in [5.74, 6) is 0. The van der Waals surface area contributed by atoms with Gasteiger partial charge in [-0.15, -0.1) is 0 Å². The Bertz CT molecular complexity index is 655. The third-order valence-corrected chi connectivity index (χ3v) is 2.65. The van der Waals surface area contributed by atoms with Crippen LogP contribution in [0.2, 0.25) is 0 Å². The highest BCUT2D eigenvalue weighted by Gasteiger charge is 2.11. The predicted molar refractivity (Wildman–Crippen MR) is 58.7 cm³/mol. The molecule has 0 saturated carbocycles. The van der Waals surface area contributed by atoms with Crippen LogP contribution in [0.3, 0.4) is 0 Å². The van der Waals surface area contributed by atoms with Crippen molar-refractivity contribution in [3.8, 4) is 0 Å². The largest absolute Gasteiger partial charge is 0.456 e. The zero-order valence-corrected chi connectivity index (χ0v) is 8.28. The molecule has 0 saturated heterocycles. The minimum absolute atomic E-state index is 0.00782. The molecule has 1 heterocycles. The van der Waals surface area contributed by atoms with Crippen LogP contribution >= 0.6 is 0 Å². The molecule has 0 radical (unpaired) electrons. The van der Waals surface area contributed by atoms with Gasteiger partial charge in [0, 0.05) is 16.3 Å². The van der Waals surface area contributed by atoms with E-state index in [9.17, 15) is 8.78 Å². The maximum atomic E-state index is 12.5. The van der Waals surface area contributed by atoms with E-state index in [4.69, 9.17) is 4.42 Å². The first-order chi connectivity index (χ1) is 7.75. The maximum absolute atomic E-state index is 12.5. The summed E-state index contributed by atoms with van der Waals surface area (Å²) in [5, 5.41) is 1.83. The first-order valence-electron chi connectivity index (χ1n) is 4.95. The van der Waals surface area contributed by atoms with Crippen LogP contribution < -0.4 is 0 Å². The van der Waals surface area contributed by atoms with Crippen molar-refractivity contribution < 1.29 is 13.2 Å². The number of benzene rings is 2. The number of rotatable bonds is 1. The third kappa shape index (κ3) is 1.28. The van der Waals surface area contributed by atoms with Gasteiger partial charge in [0.1, 0.15) is 11.2 Å². The van der Waals surface area contributed by atoms with Crippen molar-refractivity contribution in [3.05, 3.63) is 48.0 Å². The van der Waals surface area contributed by atoms with Crippen molar-refractivity contribution >= 4 is 21.9 Å². The van der Waals surface area contributed by atoms with Crippen LogP contribution in [0.1, 0.15) is 12.0 Å². The van der Waals surface area contributed by atoms with Gasteiger partial charge < -0.3 is 4.42 Å². The molecular formula is C13H8F2O. The quantitative estimate of drug-likeness (QED) is 0.585. The molecule has 80 valence electrons. The van der Waals surface area contributed by atoms with Crippen LogP contribution in [-0.4, -0.2) is 0 Å². The van der Waals surface area contributed by atoms with Crippen molar-refractivity contribution in [3.63, 3.8) is 0 Å². The predicted octanol–water partition coefficient (Wildman–Crippen LogP) is 4.52. The normalized spacial score (nSPS) is 11.7. The number of furan rings is 1. The van der Waals surface area contributed by atoms with Gasteiger partial charge in [0.2, 0.25) is 0 Å². The Morgan fingerprint density at radius 2 is 1.62 bits per heavy atom. The van der Waals surface area contributed by atoms with Gasteiger partial charge in [0.05, 0.1) is 0 Å². The minimum atomic E-state index is -2.46. The first kappa shape index (κ1) is 9.33. The lowest BCUT2D eigenvalue weighted by molar-refractivity contribution is 0.151. The minimum Gasteiger partial charge on any atom is -0.456 e. The molecule has 1 nitrogen and oxygen atoms in total. The van der Waals surface area contributed by atoms with E-state index >= 15 is 0 Å². The van der Waals surface area contributed by atoms with E-state index in [1.54, 1.807) is 6.07 Å². The van der Waals surface area contributed by atoms with Gasteiger partial charge in [0.25, 0.3) is 6.43 Å². The molecule has 3 heteroatoms. The van der Waals surface area contributed by atoms with Crippen LogP contribution in [-0.2, 0) is 0 Å². The monoisotopic (exact) mass is 218 g/mol. The molecule has 0 fully saturated rings. The van der Waals surface area contributed by atoms with Crippen LogP contribution in [0.15, 0.2) is 46.9 Å². The van der Waals surface area contributed by atoms with Gasteiger partial charge in [-0.1, -0.05) is 30.3 Å². The van der Waals surface area contributed by atoms with Crippen molar-refractivity contribution in [1.29, 1.82) is 0 Å². The molecule has 3 aromatic rings. The number of hydrogen-bond donors (Lipinski definition) is 0. The molecule has 1 aromatic heterocycles. The molecule has 0 atom stereocenters. The summed E-state index contributed by atoms with van der Waals surface area (Å²) in [6.07, 6.45) is -2.46. The summed E-state index contributed by atoms with van der Waals surface area (Å²) in [6, 6.07) is 12.0. The summed E-state index contributed by atoms with van der Waals surface area (Å²) in [4.78, 5) is 0. The van der Waals surface area contributed by atoms with Crippen molar-refractivity contribution in [2.75, 3.05) is 0 Å². The van der Waals surface area contributed by atoms with Gasteiger partial charge in [0.15, 0.2) is 0 Å². The van der Waals surface area contributed by atoms with E-state index in [1.165, 1.54) is 12.1 Å². The second-order valence-corrected chi connectivity index (χ2v) is 3.65. The Morgan fingerprint density at radius 1 is 0.875 bits per heavy atom. The second kappa shape index (κ2) is 3.30. The van der Waals surface area contributed by atoms with Crippen molar-refractivity contribution in [2.45, 2.75) is 6.43 Å². The average Bonchev–Trinajstić information content (AvgIpc) is 2.66. The Kier molecular flexibility index (Phi) is 1.93. The molecular weight excluding hydrogens is 210 g/mol. The highest BCUT2D eigenvalue weighted by molar-refractivity contribution is 6.04. The molecule has 0 amide bonds. The Morgan fingerprint density at radius 3 is 2.44 bits per heavy atom. The smallest absolute Gasteiger partial charge is 0.263 e. The van der Waals surface area contributed by atoms with Gasteiger partial charge in [-0.25, -0.2) is 8.78 Å². The molecule has 3 rings (SSSR count). The van der Waals surface area contributed by atoms with E-state index in [2.05, 4.69) is 0 Å². The third-order valence-electron chi connectivity index (χ3n) is 2.65. The summed E-state index contributed by atoms with van der Waals surface area (Å²) >= 11 is 0. The van der Waals surface area contributed by atoms with E-state index in [-0.39, 0.29) is 5.56 Å². The van der Waals surface area contributed by atoms with Crippen LogP contribution in [0.4, 0.5) is 8.78 Å². The fourth-order valence-electron chi connectivity index (χ4n) is 1.88. The maximum Gasteiger partial charge on any atom is 0.263 e.